The van der Waals surface area contributed by atoms with Gasteiger partial charge in [-0.2, -0.15) is 4.98 Å². The molecule has 19 heavy (non-hydrogen) atoms. The van der Waals surface area contributed by atoms with Gasteiger partial charge >= 0.3 is 6.01 Å². The fraction of sp³-hybridized carbons (Fsp3) is 0.333. The van der Waals surface area contributed by atoms with Gasteiger partial charge in [-0.25, -0.2) is 4.98 Å². The van der Waals surface area contributed by atoms with Crippen molar-refractivity contribution in [2.75, 3.05) is 0 Å². The van der Waals surface area contributed by atoms with E-state index in [1.165, 1.54) is 5.56 Å². The van der Waals surface area contributed by atoms with E-state index in [4.69, 9.17) is 16.3 Å². The smallest absolute Gasteiger partial charge is 0.322 e. The lowest BCUT2D eigenvalue weighted by atomic mass is 10.0. The fourth-order valence-corrected chi connectivity index (χ4v) is 1.96. The molecule has 0 spiro atoms. The van der Waals surface area contributed by atoms with Crippen LogP contribution >= 0.6 is 11.6 Å². The topological polar surface area (TPSA) is 35.0 Å². The molecule has 1 aromatic carbocycles. The fourth-order valence-electron chi connectivity index (χ4n) is 1.69. The summed E-state index contributed by atoms with van der Waals surface area (Å²) in [6, 6.07) is 8.33. The van der Waals surface area contributed by atoms with Crippen molar-refractivity contribution in [2.24, 2.45) is 0 Å². The lowest BCUT2D eigenvalue weighted by Crippen LogP contribution is -1.97. The zero-order valence-electron chi connectivity index (χ0n) is 11.4. The van der Waals surface area contributed by atoms with Gasteiger partial charge in [-0.3, -0.25) is 0 Å². The first kappa shape index (κ1) is 13.8. The van der Waals surface area contributed by atoms with Gasteiger partial charge in [0, 0.05) is 17.5 Å². The molecule has 0 bridgehead atoms. The van der Waals surface area contributed by atoms with Gasteiger partial charge in [-0.1, -0.05) is 26.0 Å². The quantitative estimate of drug-likeness (QED) is 0.775. The van der Waals surface area contributed by atoms with Crippen molar-refractivity contribution in [3.05, 3.63) is 47.3 Å². The van der Waals surface area contributed by atoms with E-state index in [-0.39, 0.29) is 0 Å². The largest absolute Gasteiger partial charge is 0.424 e. The standard InChI is InChI=1S/C15H17ClN2O/c1-10(2)12-5-4-6-14(7-12)19-15-17-9-13(8-16)11(3)18-15/h4-7,9-10H,8H2,1-3H3. The van der Waals surface area contributed by atoms with E-state index in [9.17, 15) is 0 Å². The Bertz CT molecular complexity index is 570. The van der Waals surface area contributed by atoms with Crippen LogP contribution in [0.15, 0.2) is 30.5 Å². The van der Waals surface area contributed by atoms with Crippen molar-refractivity contribution >= 4 is 11.6 Å². The summed E-state index contributed by atoms with van der Waals surface area (Å²) >= 11 is 5.78. The average molecular weight is 277 g/mol. The molecule has 0 aliphatic rings. The molecule has 0 saturated heterocycles. The van der Waals surface area contributed by atoms with Crippen molar-refractivity contribution < 1.29 is 4.74 Å². The summed E-state index contributed by atoms with van der Waals surface area (Å²) in [5.41, 5.74) is 3.00. The summed E-state index contributed by atoms with van der Waals surface area (Å²) in [4.78, 5) is 8.46. The Morgan fingerprint density at radius 3 is 2.74 bits per heavy atom. The zero-order chi connectivity index (χ0) is 13.8. The highest BCUT2D eigenvalue weighted by molar-refractivity contribution is 6.17. The molecular formula is C15H17ClN2O. The molecular weight excluding hydrogens is 260 g/mol. The molecule has 0 aliphatic heterocycles. The first-order valence-electron chi connectivity index (χ1n) is 6.26. The predicted octanol–water partition coefficient (Wildman–Crippen LogP) is 4.44. The van der Waals surface area contributed by atoms with E-state index in [0.29, 0.717) is 17.8 Å². The molecule has 1 aromatic heterocycles. The van der Waals surface area contributed by atoms with E-state index in [1.807, 2.05) is 25.1 Å². The van der Waals surface area contributed by atoms with Crippen molar-refractivity contribution in [1.29, 1.82) is 0 Å². The van der Waals surface area contributed by atoms with Crippen LogP contribution in [-0.2, 0) is 5.88 Å². The summed E-state index contributed by atoms with van der Waals surface area (Å²) in [6.45, 7) is 6.20. The highest BCUT2D eigenvalue weighted by atomic mass is 35.5. The minimum absolute atomic E-state index is 0.354. The Labute approximate surface area is 118 Å². The minimum Gasteiger partial charge on any atom is -0.424 e. The maximum Gasteiger partial charge on any atom is 0.322 e. The molecule has 3 nitrogen and oxygen atoms in total. The third kappa shape index (κ3) is 3.44. The second-order valence-corrected chi connectivity index (χ2v) is 4.99. The average Bonchev–Trinajstić information content (AvgIpc) is 2.39. The number of aromatic nitrogens is 2. The molecule has 0 amide bonds. The molecule has 0 saturated carbocycles. The summed E-state index contributed by atoms with van der Waals surface area (Å²) in [7, 11) is 0. The molecule has 0 N–H and O–H groups in total. The second-order valence-electron chi connectivity index (χ2n) is 4.73. The van der Waals surface area contributed by atoms with Gasteiger partial charge in [0.2, 0.25) is 0 Å². The number of aryl methyl sites for hydroxylation is 1. The van der Waals surface area contributed by atoms with Crippen LogP contribution in [0.2, 0.25) is 0 Å². The first-order valence-corrected chi connectivity index (χ1v) is 6.80. The molecule has 0 aliphatic carbocycles. The highest BCUT2D eigenvalue weighted by Crippen LogP contribution is 2.23. The SMILES string of the molecule is Cc1nc(Oc2cccc(C(C)C)c2)ncc1CCl. The number of ether oxygens (including phenoxy) is 1. The molecule has 2 aromatic rings. The van der Waals surface area contributed by atoms with Gasteiger partial charge in [-0.15, -0.1) is 11.6 Å². The van der Waals surface area contributed by atoms with E-state index in [0.717, 1.165) is 17.0 Å². The minimum atomic E-state index is 0.354. The van der Waals surface area contributed by atoms with Crippen LogP contribution in [0, 0.1) is 6.92 Å². The van der Waals surface area contributed by atoms with Gasteiger partial charge in [0.05, 0.1) is 5.88 Å². The van der Waals surface area contributed by atoms with Crippen molar-refractivity contribution in [1.82, 2.24) is 9.97 Å². The van der Waals surface area contributed by atoms with E-state index >= 15 is 0 Å². The van der Waals surface area contributed by atoms with Crippen LogP contribution in [-0.4, -0.2) is 9.97 Å². The van der Waals surface area contributed by atoms with Crippen LogP contribution in [0.25, 0.3) is 0 Å². The highest BCUT2D eigenvalue weighted by Gasteiger charge is 2.06. The molecule has 0 unspecified atom stereocenters. The van der Waals surface area contributed by atoms with Gasteiger partial charge in [0.25, 0.3) is 0 Å². The van der Waals surface area contributed by atoms with Crippen molar-refractivity contribution in [2.45, 2.75) is 32.6 Å². The first-order chi connectivity index (χ1) is 9.10. The zero-order valence-corrected chi connectivity index (χ0v) is 12.1. The molecule has 0 atom stereocenters. The summed E-state index contributed by atoms with van der Waals surface area (Å²) in [6.07, 6.45) is 1.71. The number of alkyl halides is 1. The lowest BCUT2D eigenvalue weighted by molar-refractivity contribution is 0.439. The van der Waals surface area contributed by atoms with Gasteiger partial charge < -0.3 is 4.74 Å². The monoisotopic (exact) mass is 276 g/mol. The molecule has 2 rings (SSSR count). The number of halogens is 1. The van der Waals surface area contributed by atoms with E-state index in [1.54, 1.807) is 6.20 Å². The normalized spacial score (nSPS) is 10.8. The molecule has 1 heterocycles. The maximum absolute atomic E-state index is 5.78. The number of rotatable bonds is 4. The Morgan fingerprint density at radius 2 is 2.11 bits per heavy atom. The Balaban J connectivity index is 2.21. The Hall–Kier alpha value is -1.61. The Kier molecular flexibility index (Phi) is 4.38. The van der Waals surface area contributed by atoms with Crippen LogP contribution < -0.4 is 4.74 Å². The summed E-state index contributed by atoms with van der Waals surface area (Å²) < 4.78 is 5.68. The van der Waals surface area contributed by atoms with Gasteiger partial charge in [0.1, 0.15) is 5.75 Å². The van der Waals surface area contributed by atoms with Crippen LogP contribution in [0.5, 0.6) is 11.8 Å². The third-order valence-electron chi connectivity index (χ3n) is 2.94. The summed E-state index contributed by atoms with van der Waals surface area (Å²) in [5, 5.41) is 0. The second kappa shape index (κ2) is 6.02. The van der Waals surface area contributed by atoms with Gasteiger partial charge in [-0.05, 0) is 30.5 Å². The summed E-state index contributed by atoms with van der Waals surface area (Å²) in [5.74, 6) is 1.63. The predicted molar refractivity (Wildman–Crippen MR) is 76.9 cm³/mol. The van der Waals surface area contributed by atoms with Gasteiger partial charge in [0.15, 0.2) is 0 Å². The molecule has 0 fully saturated rings. The lowest BCUT2D eigenvalue weighted by Gasteiger charge is -2.09. The van der Waals surface area contributed by atoms with Crippen LogP contribution in [0.3, 0.4) is 0 Å². The van der Waals surface area contributed by atoms with E-state index in [2.05, 4.69) is 29.9 Å². The third-order valence-corrected chi connectivity index (χ3v) is 3.22. The van der Waals surface area contributed by atoms with Crippen LogP contribution in [0.4, 0.5) is 0 Å². The van der Waals surface area contributed by atoms with Crippen molar-refractivity contribution in [3.8, 4) is 11.8 Å². The molecule has 100 valence electrons. The Morgan fingerprint density at radius 1 is 1.32 bits per heavy atom. The number of hydrogen-bond donors (Lipinski definition) is 0. The molecule has 4 heteroatoms. The van der Waals surface area contributed by atoms with Crippen LogP contribution in [0.1, 0.15) is 36.6 Å². The number of hydrogen-bond acceptors (Lipinski definition) is 3. The maximum atomic E-state index is 5.78. The molecule has 0 radical (unpaired) electrons. The number of benzene rings is 1. The van der Waals surface area contributed by atoms with E-state index < -0.39 is 0 Å². The van der Waals surface area contributed by atoms with Crippen molar-refractivity contribution in [3.63, 3.8) is 0 Å². The number of nitrogens with zero attached hydrogens (tertiary/aromatic N) is 2.